The fourth-order valence-corrected chi connectivity index (χ4v) is 6.23. The number of hydrogen-bond donors (Lipinski definition) is 2. The molecule has 5 rings (SSSR count). The number of nitrogens with zero attached hydrogens (tertiary/aromatic N) is 2. The van der Waals surface area contributed by atoms with E-state index in [-0.39, 0.29) is 36.3 Å². The molecular formula is C32H38N4O3. The van der Waals surface area contributed by atoms with Crippen LogP contribution in [-0.4, -0.2) is 66.4 Å². The molecule has 2 atom stereocenters. The molecule has 2 unspecified atom stereocenters. The SMILES string of the molecule is CCNC(=O)C1CCN(C(=O)CNC(C)=O)C(N2CCC(=C3c4ccccc4C=Cc4ccccc43)CC2)C1. The minimum absolute atomic E-state index is 0.0125. The Morgan fingerprint density at radius 2 is 1.49 bits per heavy atom. The molecular weight excluding hydrogens is 488 g/mol. The van der Waals surface area contributed by atoms with E-state index in [4.69, 9.17) is 0 Å². The third-order valence-corrected chi connectivity index (χ3v) is 8.18. The zero-order valence-corrected chi connectivity index (χ0v) is 22.9. The number of amides is 3. The number of fused-ring (bicyclic) bond motifs is 2. The number of nitrogens with one attached hydrogen (secondary N) is 2. The molecule has 2 fully saturated rings. The molecule has 0 spiro atoms. The summed E-state index contributed by atoms with van der Waals surface area (Å²) in [5.74, 6) is -0.363. The van der Waals surface area contributed by atoms with Gasteiger partial charge in [0.25, 0.3) is 0 Å². The van der Waals surface area contributed by atoms with Crippen LogP contribution in [0.1, 0.15) is 61.8 Å². The van der Waals surface area contributed by atoms with Crippen molar-refractivity contribution in [3.05, 3.63) is 76.4 Å². The molecule has 3 aliphatic rings. The molecule has 39 heavy (non-hydrogen) atoms. The minimum Gasteiger partial charge on any atom is -0.356 e. The molecule has 0 aromatic heterocycles. The highest BCUT2D eigenvalue weighted by atomic mass is 16.2. The number of hydrogen-bond acceptors (Lipinski definition) is 4. The molecule has 2 N–H and O–H groups in total. The molecule has 7 heteroatoms. The molecule has 0 saturated carbocycles. The van der Waals surface area contributed by atoms with Crippen LogP contribution in [0.3, 0.4) is 0 Å². The summed E-state index contributed by atoms with van der Waals surface area (Å²) in [5.41, 5.74) is 7.75. The molecule has 0 radical (unpaired) electrons. The van der Waals surface area contributed by atoms with E-state index in [1.807, 2.05) is 11.8 Å². The Balaban J connectivity index is 1.41. The maximum Gasteiger partial charge on any atom is 0.243 e. The van der Waals surface area contributed by atoms with Gasteiger partial charge in [0.1, 0.15) is 0 Å². The van der Waals surface area contributed by atoms with Crippen LogP contribution in [-0.2, 0) is 14.4 Å². The van der Waals surface area contributed by atoms with Gasteiger partial charge in [-0.1, -0.05) is 66.3 Å². The maximum absolute atomic E-state index is 13.2. The van der Waals surface area contributed by atoms with Crippen LogP contribution in [0.5, 0.6) is 0 Å². The predicted molar refractivity (Wildman–Crippen MR) is 154 cm³/mol. The van der Waals surface area contributed by atoms with Gasteiger partial charge in [-0.3, -0.25) is 19.3 Å². The van der Waals surface area contributed by atoms with Crippen molar-refractivity contribution in [2.24, 2.45) is 5.92 Å². The van der Waals surface area contributed by atoms with Gasteiger partial charge in [0.05, 0.1) is 12.7 Å². The van der Waals surface area contributed by atoms with Crippen LogP contribution in [0.15, 0.2) is 54.1 Å². The van der Waals surface area contributed by atoms with E-state index in [0.29, 0.717) is 25.9 Å². The standard InChI is InChI=1S/C32H38N4O3/c1-3-33-32(39)26-16-19-36(30(38)21-34-22(2)37)29(20-26)35-17-14-25(15-18-35)31-27-10-6-4-8-23(27)12-13-24-9-5-7-11-28(24)31/h4-13,26,29H,3,14-21H2,1-2H3,(H,33,39)(H,34,37). The molecule has 2 saturated heterocycles. The van der Waals surface area contributed by atoms with Crippen molar-refractivity contribution in [3.63, 3.8) is 0 Å². The number of likely N-dealkylation sites (tertiary alicyclic amines) is 2. The lowest BCUT2D eigenvalue weighted by molar-refractivity contribution is -0.145. The van der Waals surface area contributed by atoms with Crippen LogP contribution in [0.2, 0.25) is 0 Å². The van der Waals surface area contributed by atoms with E-state index in [1.165, 1.54) is 40.3 Å². The molecule has 2 aromatic carbocycles. The van der Waals surface area contributed by atoms with Crippen molar-refractivity contribution in [2.75, 3.05) is 32.7 Å². The van der Waals surface area contributed by atoms with Crippen molar-refractivity contribution in [3.8, 4) is 0 Å². The van der Waals surface area contributed by atoms with Crippen molar-refractivity contribution >= 4 is 35.4 Å². The Bertz CT molecular complexity index is 1250. The van der Waals surface area contributed by atoms with E-state index in [0.717, 1.165) is 25.9 Å². The molecule has 2 heterocycles. The smallest absolute Gasteiger partial charge is 0.243 e. The first kappa shape index (κ1) is 26.9. The molecule has 7 nitrogen and oxygen atoms in total. The first-order valence-electron chi connectivity index (χ1n) is 14.1. The number of benzene rings is 2. The number of carbonyl (C=O) groups excluding carboxylic acids is 3. The fourth-order valence-electron chi connectivity index (χ4n) is 6.23. The Morgan fingerprint density at radius 1 is 0.872 bits per heavy atom. The highest BCUT2D eigenvalue weighted by molar-refractivity contribution is 5.95. The van der Waals surface area contributed by atoms with Crippen LogP contribution < -0.4 is 10.6 Å². The monoisotopic (exact) mass is 526 g/mol. The van der Waals surface area contributed by atoms with Gasteiger partial charge >= 0.3 is 0 Å². The lowest BCUT2D eigenvalue weighted by Crippen LogP contribution is -2.59. The molecule has 204 valence electrons. The summed E-state index contributed by atoms with van der Waals surface area (Å²) in [6.45, 7) is 6.08. The van der Waals surface area contributed by atoms with Gasteiger partial charge in [0, 0.05) is 39.0 Å². The van der Waals surface area contributed by atoms with Crippen LogP contribution in [0, 0.1) is 5.92 Å². The van der Waals surface area contributed by atoms with E-state index < -0.39 is 0 Å². The highest BCUT2D eigenvalue weighted by Crippen LogP contribution is 2.39. The average molecular weight is 527 g/mol. The first-order valence-corrected chi connectivity index (χ1v) is 14.1. The number of rotatable bonds is 5. The fraction of sp³-hybridized carbons (Fsp3) is 0.406. The maximum atomic E-state index is 13.2. The van der Waals surface area contributed by atoms with Crippen LogP contribution in [0.4, 0.5) is 0 Å². The summed E-state index contributed by atoms with van der Waals surface area (Å²) in [6.07, 6.45) is 7.30. The lowest BCUT2D eigenvalue weighted by Gasteiger charge is -2.46. The lowest BCUT2D eigenvalue weighted by atomic mass is 9.85. The Morgan fingerprint density at radius 3 is 2.08 bits per heavy atom. The summed E-state index contributed by atoms with van der Waals surface area (Å²) in [6, 6.07) is 17.2. The first-order chi connectivity index (χ1) is 19.0. The normalized spacial score (nSPS) is 21.0. The number of piperidine rings is 2. The largest absolute Gasteiger partial charge is 0.356 e. The summed E-state index contributed by atoms with van der Waals surface area (Å²) >= 11 is 0. The Kier molecular flexibility index (Phi) is 8.27. The third-order valence-electron chi connectivity index (χ3n) is 8.18. The highest BCUT2D eigenvalue weighted by Gasteiger charge is 2.38. The number of carbonyl (C=O) groups is 3. The second-order valence-corrected chi connectivity index (χ2v) is 10.6. The Labute approximate surface area is 230 Å². The Hall–Kier alpha value is -3.71. The van der Waals surface area contributed by atoms with Crippen molar-refractivity contribution in [1.29, 1.82) is 0 Å². The second-order valence-electron chi connectivity index (χ2n) is 10.6. The quantitative estimate of drug-likeness (QED) is 0.528. The molecule has 1 aliphatic carbocycles. The van der Waals surface area contributed by atoms with Gasteiger partial charge in [-0.2, -0.15) is 0 Å². The average Bonchev–Trinajstić information content (AvgIpc) is 3.13. The van der Waals surface area contributed by atoms with Gasteiger partial charge < -0.3 is 15.5 Å². The van der Waals surface area contributed by atoms with Crippen LogP contribution in [0.25, 0.3) is 17.7 Å². The minimum atomic E-state index is -0.218. The summed E-state index contributed by atoms with van der Waals surface area (Å²) < 4.78 is 0. The summed E-state index contributed by atoms with van der Waals surface area (Å²) in [7, 11) is 0. The van der Waals surface area contributed by atoms with E-state index in [1.54, 1.807) is 0 Å². The third kappa shape index (κ3) is 5.83. The van der Waals surface area contributed by atoms with Crippen molar-refractivity contribution in [2.45, 2.75) is 45.7 Å². The predicted octanol–water partition coefficient (Wildman–Crippen LogP) is 3.91. The summed E-state index contributed by atoms with van der Waals surface area (Å²) in [4.78, 5) is 41.6. The topological polar surface area (TPSA) is 81.8 Å². The van der Waals surface area contributed by atoms with Crippen molar-refractivity contribution < 1.29 is 14.4 Å². The molecule has 3 amide bonds. The summed E-state index contributed by atoms with van der Waals surface area (Å²) in [5, 5.41) is 5.62. The van der Waals surface area contributed by atoms with Gasteiger partial charge in [0.15, 0.2) is 0 Å². The van der Waals surface area contributed by atoms with E-state index in [9.17, 15) is 14.4 Å². The second kappa shape index (κ2) is 12.0. The van der Waals surface area contributed by atoms with Gasteiger partial charge in [0.2, 0.25) is 17.7 Å². The van der Waals surface area contributed by atoms with Gasteiger partial charge in [-0.05, 0) is 60.4 Å². The zero-order valence-electron chi connectivity index (χ0n) is 22.9. The van der Waals surface area contributed by atoms with Crippen LogP contribution >= 0.6 is 0 Å². The van der Waals surface area contributed by atoms with E-state index >= 15 is 0 Å². The molecule has 2 aromatic rings. The van der Waals surface area contributed by atoms with E-state index in [2.05, 4.69) is 76.2 Å². The molecule has 0 bridgehead atoms. The van der Waals surface area contributed by atoms with Gasteiger partial charge in [-0.15, -0.1) is 0 Å². The molecule has 2 aliphatic heterocycles. The van der Waals surface area contributed by atoms with Gasteiger partial charge in [-0.25, -0.2) is 0 Å². The zero-order chi connectivity index (χ0) is 27.4. The van der Waals surface area contributed by atoms with Crippen molar-refractivity contribution in [1.82, 2.24) is 20.4 Å².